The Morgan fingerprint density at radius 3 is 2.64 bits per heavy atom. The van der Waals surface area contributed by atoms with Gasteiger partial charge in [0.2, 0.25) is 0 Å². The Morgan fingerprint density at radius 1 is 1.43 bits per heavy atom. The van der Waals surface area contributed by atoms with Gasteiger partial charge in [-0.05, 0) is 24.0 Å². The van der Waals surface area contributed by atoms with Crippen molar-refractivity contribution < 1.29 is 4.79 Å². The van der Waals surface area contributed by atoms with E-state index < -0.39 is 0 Å². The van der Waals surface area contributed by atoms with E-state index in [1.54, 1.807) is 11.3 Å². The van der Waals surface area contributed by atoms with Crippen LogP contribution in [0.1, 0.15) is 54.6 Å². The largest absolute Gasteiger partial charge is 0.297 e. The summed E-state index contributed by atoms with van der Waals surface area (Å²) in [6.45, 7) is 6.72. The average Bonchev–Trinajstić information content (AvgIpc) is 2.63. The van der Waals surface area contributed by atoms with Crippen molar-refractivity contribution in [2.45, 2.75) is 45.4 Å². The van der Waals surface area contributed by atoms with Gasteiger partial charge in [0, 0.05) is 4.88 Å². The molecule has 0 aromatic carbocycles. The average molecular weight is 210 g/mol. The van der Waals surface area contributed by atoms with Crippen molar-refractivity contribution in [3.8, 4) is 0 Å². The maximum Gasteiger partial charge on any atom is 0.160 e. The Hall–Kier alpha value is -0.630. The highest BCUT2D eigenvalue weighted by atomic mass is 32.1. The van der Waals surface area contributed by atoms with Crippen LogP contribution in [0.3, 0.4) is 0 Å². The number of carbonyl (C=O) groups excluding carboxylic acids is 1. The number of carbonyl (C=O) groups is 1. The van der Waals surface area contributed by atoms with Crippen LogP contribution in [0.2, 0.25) is 0 Å². The number of unbranched alkanes of at least 4 members (excludes halogenated alkanes) is 1. The van der Waals surface area contributed by atoms with Crippen LogP contribution >= 0.6 is 11.3 Å². The lowest BCUT2D eigenvalue weighted by Gasteiger charge is -2.22. The van der Waals surface area contributed by atoms with Gasteiger partial charge in [-0.15, -0.1) is 11.3 Å². The molecule has 0 atom stereocenters. The van der Waals surface area contributed by atoms with Gasteiger partial charge in [-0.25, -0.2) is 0 Å². The van der Waals surface area contributed by atoms with Crippen molar-refractivity contribution in [2.75, 3.05) is 0 Å². The SMILES string of the molecule is CCCCC(C)(C)c1ccc(C=O)s1. The zero-order chi connectivity index (χ0) is 10.6. The van der Waals surface area contributed by atoms with E-state index in [1.165, 1.54) is 24.1 Å². The highest BCUT2D eigenvalue weighted by Gasteiger charge is 2.21. The Balaban J connectivity index is 2.75. The van der Waals surface area contributed by atoms with Crippen molar-refractivity contribution in [3.63, 3.8) is 0 Å². The predicted octanol–water partition coefficient (Wildman–Crippen LogP) is 4.03. The third kappa shape index (κ3) is 2.68. The van der Waals surface area contributed by atoms with Crippen LogP contribution < -0.4 is 0 Å². The third-order valence-corrected chi connectivity index (χ3v) is 3.94. The van der Waals surface area contributed by atoms with E-state index in [2.05, 4.69) is 26.8 Å². The maximum atomic E-state index is 10.6. The molecule has 0 unspecified atom stereocenters. The minimum Gasteiger partial charge on any atom is -0.297 e. The predicted molar refractivity (Wildman–Crippen MR) is 62.3 cm³/mol. The molecule has 0 spiro atoms. The molecule has 1 aromatic rings. The van der Waals surface area contributed by atoms with E-state index in [1.807, 2.05) is 6.07 Å². The smallest absolute Gasteiger partial charge is 0.160 e. The van der Waals surface area contributed by atoms with Gasteiger partial charge in [0.15, 0.2) is 6.29 Å². The van der Waals surface area contributed by atoms with Crippen molar-refractivity contribution in [1.82, 2.24) is 0 Å². The first-order valence-corrected chi connectivity index (χ1v) is 5.97. The van der Waals surface area contributed by atoms with Crippen LogP contribution in [0, 0.1) is 0 Å². The monoisotopic (exact) mass is 210 g/mol. The molecular formula is C12H18OS. The molecule has 0 aliphatic heterocycles. The van der Waals surface area contributed by atoms with Crippen molar-refractivity contribution in [1.29, 1.82) is 0 Å². The van der Waals surface area contributed by atoms with Gasteiger partial charge in [0.1, 0.15) is 0 Å². The number of hydrogen-bond donors (Lipinski definition) is 0. The van der Waals surface area contributed by atoms with Gasteiger partial charge in [-0.3, -0.25) is 4.79 Å². The first kappa shape index (κ1) is 11.4. The fourth-order valence-electron chi connectivity index (χ4n) is 1.52. The summed E-state index contributed by atoms with van der Waals surface area (Å²) in [5, 5.41) is 0. The molecule has 0 fully saturated rings. The molecule has 1 nitrogen and oxygen atoms in total. The quantitative estimate of drug-likeness (QED) is 0.671. The van der Waals surface area contributed by atoms with Crippen molar-refractivity contribution in [2.24, 2.45) is 0 Å². The Labute approximate surface area is 90.2 Å². The maximum absolute atomic E-state index is 10.6. The Bertz CT molecular complexity index is 299. The summed E-state index contributed by atoms with van der Waals surface area (Å²) in [7, 11) is 0. The van der Waals surface area contributed by atoms with E-state index in [0.717, 1.165) is 11.2 Å². The molecule has 14 heavy (non-hydrogen) atoms. The van der Waals surface area contributed by atoms with E-state index >= 15 is 0 Å². The van der Waals surface area contributed by atoms with Gasteiger partial charge in [-0.1, -0.05) is 33.6 Å². The molecule has 1 rings (SSSR count). The minimum atomic E-state index is 0.224. The van der Waals surface area contributed by atoms with Crippen LogP contribution in [0.25, 0.3) is 0 Å². The van der Waals surface area contributed by atoms with Gasteiger partial charge in [0.05, 0.1) is 4.88 Å². The molecule has 0 aliphatic rings. The van der Waals surface area contributed by atoms with E-state index in [-0.39, 0.29) is 5.41 Å². The first-order valence-electron chi connectivity index (χ1n) is 5.15. The molecule has 1 aromatic heterocycles. The molecule has 0 aliphatic carbocycles. The van der Waals surface area contributed by atoms with E-state index in [0.29, 0.717) is 0 Å². The molecular weight excluding hydrogens is 192 g/mol. The zero-order valence-electron chi connectivity index (χ0n) is 9.17. The molecule has 0 saturated carbocycles. The van der Waals surface area contributed by atoms with Gasteiger partial charge >= 0.3 is 0 Å². The van der Waals surface area contributed by atoms with Crippen LogP contribution in [-0.4, -0.2) is 6.29 Å². The molecule has 1 heterocycles. The lowest BCUT2D eigenvalue weighted by atomic mass is 9.86. The topological polar surface area (TPSA) is 17.1 Å². The van der Waals surface area contributed by atoms with Crippen LogP contribution in [0.4, 0.5) is 0 Å². The minimum absolute atomic E-state index is 0.224. The van der Waals surface area contributed by atoms with Gasteiger partial charge in [0.25, 0.3) is 0 Å². The summed E-state index contributed by atoms with van der Waals surface area (Å²) in [6, 6.07) is 4.00. The zero-order valence-corrected chi connectivity index (χ0v) is 9.99. The highest BCUT2D eigenvalue weighted by molar-refractivity contribution is 7.13. The van der Waals surface area contributed by atoms with Gasteiger partial charge < -0.3 is 0 Å². The molecule has 0 amide bonds. The Kier molecular flexibility index (Phi) is 3.87. The van der Waals surface area contributed by atoms with Crippen LogP contribution in [-0.2, 0) is 5.41 Å². The Morgan fingerprint density at radius 2 is 2.14 bits per heavy atom. The van der Waals surface area contributed by atoms with E-state index in [4.69, 9.17) is 0 Å². The summed E-state index contributed by atoms with van der Waals surface area (Å²) >= 11 is 1.62. The second-order valence-corrected chi connectivity index (χ2v) is 5.42. The first-order chi connectivity index (χ1) is 6.60. The molecule has 78 valence electrons. The lowest BCUT2D eigenvalue weighted by Crippen LogP contribution is -2.14. The summed E-state index contributed by atoms with van der Waals surface area (Å²) in [4.78, 5) is 12.7. The molecule has 0 N–H and O–H groups in total. The lowest BCUT2D eigenvalue weighted by molar-refractivity contribution is 0.112. The van der Waals surface area contributed by atoms with Gasteiger partial charge in [-0.2, -0.15) is 0 Å². The van der Waals surface area contributed by atoms with Crippen LogP contribution in [0.15, 0.2) is 12.1 Å². The standard InChI is InChI=1S/C12H18OS/c1-4-5-8-12(2,3)11-7-6-10(9-13)14-11/h6-7,9H,4-5,8H2,1-3H3. The normalized spacial score (nSPS) is 11.6. The van der Waals surface area contributed by atoms with E-state index in [9.17, 15) is 4.79 Å². The number of hydrogen-bond acceptors (Lipinski definition) is 2. The molecule has 0 bridgehead atoms. The van der Waals surface area contributed by atoms with Crippen molar-refractivity contribution in [3.05, 3.63) is 21.9 Å². The number of rotatable bonds is 5. The fraction of sp³-hybridized carbons (Fsp3) is 0.583. The second-order valence-electron chi connectivity index (χ2n) is 4.31. The van der Waals surface area contributed by atoms with Crippen molar-refractivity contribution >= 4 is 17.6 Å². The fourth-order valence-corrected chi connectivity index (χ4v) is 2.47. The third-order valence-electron chi connectivity index (χ3n) is 2.57. The van der Waals surface area contributed by atoms with Crippen LogP contribution in [0.5, 0.6) is 0 Å². The number of aldehydes is 1. The summed E-state index contributed by atoms with van der Waals surface area (Å²) in [5.74, 6) is 0. The summed E-state index contributed by atoms with van der Waals surface area (Å²) in [6.07, 6.45) is 4.61. The summed E-state index contributed by atoms with van der Waals surface area (Å²) < 4.78 is 0. The number of thiophene rings is 1. The second kappa shape index (κ2) is 4.74. The summed E-state index contributed by atoms with van der Waals surface area (Å²) in [5.41, 5.74) is 0.224. The highest BCUT2D eigenvalue weighted by Crippen LogP contribution is 2.33. The molecule has 0 radical (unpaired) electrons. The molecule has 0 saturated heterocycles. The molecule has 2 heteroatoms.